The molecule has 5 rings (SSSR count). The molecule has 2 aliphatic heterocycles. The van der Waals surface area contributed by atoms with Crippen LogP contribution in [0.4, 0.5) is 21.9 Å². The van der Waals surface area contributed by atoms with E-state index in [1.807, 2.05) is 0 Å². The van der Waals surface area contributed by atoms with Crippen LogP contribution in [0.2, 0.25) is 0 Å². The maximum Gasteiger partial charge on any atom is 0.318 e. The summed E-state index contributed by atoms with van der Waals surface area (Å²) >= 11 is 0.588. The van der Waals surface area contributed by atoms with Crippen molar-refractivity contribution in [3.8, 4) is 28.7 Å². The van der Waals surface area contributed by atoms with Crippen LogP contribution in [0, 0.1) is 20.2 Å². The molecule has 2 heterocycles. The summed E-state index contributed by atoms with van der Waals surface area (Å²) in [6.07, 6.45) is 1.32. The Morgan fingerprint density at radius 2 is 1.79 bits per heavy atom. The highest BCUT2D eigenvalue weighted by Crippen LogP contribution is 2.42. The Kier molecular flexibility index (Phi) is 8.11. The lowest BCUT2D eigenvalue weighted by molar-refractivity contribution is -0.394. The van der Waals surface area contributed by atoms with Crippen molar-refractivity contribution in [3.63, 3.8) is 0 Å². The fourth-order valence-electron chi connectivity index (χ4n) is 4.12. The fourth-order valence-corrected chi connectivity index (χ4v) is 4.95. The number of amides is 3. The van der Waals surface area contributed by atoms with Crippen molar-refractivity contribution in [2.45, 2.75) is 0 Å². The lowest BCUT2D eigenvalue weighted by Gasteiger charge is -2.19. The van der Waals surface area contributed by atoms with E-state index in [1.165, 1.54) is 25.3 Å². The van der Waals surface area contributed by atoms with E-state index in [0.29, 0.717) is 42.2 Å². The Hall–Kier alpha value is -5.64. The van der Waals surface area contributed by atoms with E-state index in [1.54, 1.807) is 24.3 Å². The first-order valence-electron chi connectivity index (χ1n) is 12.4. The second-order valence-corrected chi connectivity index (χ2v) is 9.81. The molecule has 0 spiro atoms. The number of rotatable bonds is 9. The highest BCUT2D eigenvalue weighted by molar-refractivity contribution is 8.18. The van der Waals surface area contributed by atoms with Crippen LogP contribution in [0.5, 0.6) is 28.7 Å². The number of nitro groups is 2. The van der Waals surface area contributed by atoms with Gasteiger partial charge in [0.25, 0.3) is 16.8 Å². The average molecular weight is 609 g/mol. The number of carbonyl (C=O) groups excluding carboxylic acids is 3. The minimum atomic E-state index is -0.835. The summed E-state index contributed by atoms with van der Waals surface area (Å²) < 4.78 is 22.1. The SMILES string of the molecule is COc1cccc(/C=C2/SC(=O)N(CC(=O)Nc3ccc4c(c3)OCCO4)C2=O)c1Oc1ccc([N+](=O)[O-])cc1[N+](=O)[O-]. The molecular formula is C27H20N4O11S. The van der Waals surface area contributed by atoms with Crippen molar-refractivity contribution in [1.29, 1.82) is 0 Å². The predicted molar refractivity (Wildman–Crippen MR) is 152 cm³/mol. The van der Waals surface area contributed by atoms with Crippen LogP contribution in [0.3, 0.4) is 0 Å². The van der Waals surface area contributed by atoms with E-state index >= 15 is 0 Å². The van der Waals surface area contributed by atoms with E-state index in [4.69, 9.17) is 18.9 Å². The fraction of sp³-hybridized carbons (Fsp3) is 0.148. The predicted octanol–water partition coefficient (Wildman–Crippen LogP) is 4.75. The first-order valence-corrected chi connectivity index (χ1v) is 13.2. The molecule has 0 unspecified atom stereocenters. The number of anilines is 1. The molecule has 0 aliphatic carbocycles. The minimum Gasteiger partial charge on any atom is -0.493 e. The molecule has 16 heteroatoms. The zero-order chi connectivity index (χ0) is 30.7. The van der Waals surface area contributed by atoms with E-state index in [0.717, 1.165) is 23.1 Å². The van der Waals surface area contributed by atoms with Gasteiger partial charge in [-0.15, -0.1) is 0 Å². The number of hydrogen-bond donors (Lipinski definition) is 1. The molecular weight excluding hydrogens is 588 g/mol. The summed E-state index contributed by atoms with van der Waals surface area (Å²) in [5.74, 6) is -0.639. The number of imide groups is 1. The molecule has 1 fully saturated rings. The van der Waals surface area contributed by atoms with Gasteiger partial charge in [0.15, 0.2) is 23.0 Å². The summed E-state index contributed by atoms with van der Waals surface area (Å²) in [6.45, 7) is 0.205. The molecule has 0 radical (unpaired) electrons. The van der Waals surface area contributed by atoms with Gasteiger partial charge in [-0.2, -0.15) is 0 Å². The Labute approximate surface area is 246 Å². The number of nitro benzene ring substituents is 2. The molecule has 1 saturated heterocycles. The van der Waals surface area contributed by atoms with Gasteiger partial charge in [-0.05, 0) is 42.1 Å². The van der Waals surface area contributed by atoms with Gasteiger partial charge >= 0.3 is 5.69 Å². The van der Waals surface area contributed by atoms with Crippen molar-refractivity contribution in [2.24, 2.45) is 0 Å². The molecule has 3 aromatic rings. The maximum absolute atomic E-state index is 13.1. The van der Waals surface area contributed by atoms with Crippen molar-refractivity contribution in [3.05, 3.63) is 85.3 Å². The third kappa shape index (κ3) is 6.18. The summed E-state index contributed by atoms with van der Waals surface area (Å²) in [5.41, 5.74) is -0.588. The summed E-state index contributed by atoms with van der Waals surface area (Å²) in [7, 11) is 1.32. The van der Waals surface area contributed by atoms with Gasteiger partial charge in [-0.3, -0.25) is 39.5 Å². The number of non-ortho nitro benzene ring substituents is 1. The number of nitrogens with one attached hydrogen (secondary N) is 1. The van der Waals surface area contributed by atoms with Gasteiger partial charge in [0.2, 0.25) is 11.7 Å². The molecule has 1 N–H and O–H groups in total. The van der Waals surface area contributed by atoms with Crippen LogP contribution in [0.1, 0.15) is 5.56 Å². The number of ether oxygens (including phenoxy) is 4. The van der Waals surface area contributed by atoms with E-state index in [-0.39, 0.29) is 27.7 Å². The van der Waals surface area contributed by atoms with Crippen molar-refractivity contribution >= 4 is 52.0 Å². The number of fused-ring (bicyclic) bond motifs is 1. The first kappa shape index (κ1) is 28.9. The molecule has 2 aliphatic rings. The number of carbonyl (C=O) groups is 3. The number of nitrogens with zero attached hydrogens (tertiary/aromatic N) is 3. The Morgan fingerprint density at radius 3 is 2.51 bits per heavy atom. The highest BCUT2D eigenvalue weighted by atomic mass is 32.2. The van der Waals surface area contributed by atoms with Gasteiger partial charge in [-0.1, -0.05) is 12.1 Å². The largest absolute Gasteiger partial charge is 0.493 e. The van der Waals surface area contributed by atoms with Gasteiger partial charge in [-0.25, -0.2) is 0 Å². The van der Waals surface area contributed by atoms with Crippen LogP contribution < -0.4 is 24.3 Å². The first-order chi connectivity index (χ1) is 20.6. The van der Waals surface area contributed by atoms with Crippen LogP contribution in [-0.4, -0.2) is 58.7 Å². The third-order valence-electron chi connectivity index (χ3n) is 6.08. The lowest BCUT2D eigenvalue weighted by atomic mass is 10.1. The average Bonchev–Trinajstić information content (AvgIpc) is 3.24. The molecule has 0 aromatic heterocycles. The van der Waals surface area contributed by atoms with Gasteiger partial charge in [0, 0.05) is 23.4 Å². The van der Waals surface area contributed by atoms with Crippen molar-refractivity contribution in [1.82, 2.24) is 4.90 Å². The zero-order valence-corrected chi connectivity index (χ0v) is 23.0. The molecule has 15 nitrogen and oxygen atoms in total. The number of thioether (sulfide) groups is 1. The molecule has 0 saturated carbocycles. The number of hydrogen-bond acceptors (Lipinski definition) is 12. The Morgan fingerprint density at radius 1 is 1.02 bits per heavy atom. The summed E-state index contributed by atoms with van der Waals surface area (Å²) in [6, 6.07) is 12.2. The summed E-state index contributed by atoms with van der Waals surface area (Å²) in [5, 5.41) is 24.6. The van der Waals surface area contributed by atoms with Gasteiger partial charge in [0.1, 0.15) is 19.8 Å². The Balaban J connectivity index is 1.37. The molecule has 220 valence electrons. The van der Waals surface area contributed by atoms with Crippen LogP contribution in [0.25, 0.3) is 6.08 Å². The zero-order valence-electron chi connectivity index (χ0n) is 22.1. The second kappa shape index (κ2) is 12.1. The second-order valence-electron chi connectivity index (χ2n) is 8.82. The Bertz CT molecular complexity index is 1710. The molecule has 0 bridgehead atoms. The van der Waals surface area contributed by atoms with Crippen LogP contribution in [0.15, 0.2) is 59.5 Å². The molecule has 0 atom stereocenters. The number of para-hydroxylation sites is 1. The minimum absolute atomic E-state index is 0.0477. The van der Waals surface area contributed by atoms with E-state index < -0.39 is 44.8 Å². The lowest BCUT2D eigenvalue weighted by Crippen LogP contribution is -2.36. The standard InChI is InChI=1S/C27H20N4O11S/c1-39-21-4-2-3-15(25(21)42-19-8-6-17(30(35)36)13-18(19)31(37)38)11-23-26(33)29(27(34)43-23)14-24(32)28-16-5-7-20-22(12-16)41-10-9-40-20/h2-8,11-13H,9-10,14H2,1H3,(H,28,32)/b23-11+. The van der Waals surface area contributed by atoms with Crippen LogP contribution in [-0.2, 0) is 9.59 Å². The molecule has 3 aromatic carbocycles. The van der Waals surface area contributed by atoms with E-state index in [2.05, 4.69) is 5.32 Å². The number of methoxy groups -OCH3 is 1. The van der Waals surface area contributed by atoms with Crippen molar-refractivity contribution < 1.29 is 43.2 Å². The smallest absolute Gasteiger partial charge is 0.318 e. The topological polar surface area (TPSA) is 190 Å². The van der Waals surface area contributed by atoms with Crippen LogP contribution >= 0.6 is 11.8 Å². The normalized spacial score (nSPS) is 14.9. The number of benzene rings is 3. The van der Waals surface area contributed by atoms with Gasteiger partial charge < -0.3 is 24.3 Å². The van der Waals surface area contributed by atoms with E-state index in [9.17, 15) is 34.6 Å². The summed E-state index contributed by atoms with van der Waals surface area (Å²) in [4.78, 5) is 60.4. The molecule has 3 amide bonds. The highest BCUT2D eigenvalue weighted by Gasteiger charge is 2.37. The van der Waals surface area contributed by atoms with Gasteiger partial charge in [0.05, 0.1) is 27.9 Å². The quantitative estimate of drug-likeness (QED) is 0.200. The monoisotopic (exact) mass is 608 g/mol. The third-order valence-corrected chi connectivity index (χ3v) is 6.99. The van der Waals surface area contributed by atoms with Crippen molar-refractivity contribution in [2.75, 3.05) is 32.2 Å². The molecule has 43 heavy (non-hydrogen) atoms. The maximum atomic E-state index is 13.1.